The molecule has 2 N–H and O–H groups in total. The first-order valence-electron chi connectivity index (χ1n) is 8.03. The Morgan fingerprint density at radius 3 is 2.39 bits per heavy atom. The van der Waals surface area contributed by atoms with Crippen LogP contribution in [0.3, 0.4) is 0 Å². The van der Waals surface area contributed by atoms with Gasteiger partial charge in [-0.25, -0.2) is 0 Å². The Labute approximate surface area is 112 Å². The quantitative estimate of drug-likeness (QED) is 0.812. The molecule has 18 heavy (non-hydrogen) atoms. The molecule has 0 aromatic rings. The van der Waals surface area contributed by atoms with Crippen molar-refractivity contribution in [3.8, 4) is 0 Å². The maximum atomic E-state index is 6.39. The highest BCUT2D eigenvalue weighted by Crippen LogP contribution is 2.41. The fraction of sp³-hybridized carbons (Fsp3) is 1.00. The van der Waals surface area contributed by atoms with Crippen LogP contribution in [-0.4, -0.2) is 30.1 Å². The molecule has 3 saturated carbocycles. The number of nitrogens with zero attached hydrogens (tertiary/aromatic N) is 1. The molecule has 2 heteroatoms. The van der Waals surface area contributed by atoms with Crippen LogP contribution in [0.1, 0.15) is 58.8 Å². The molecule has 0 aliphatic heterocycles. The highest BCUT2D eigenvalue weighted by atomic mass is 15.2. The third-order valence-corrected chi connectivity index (χ3v) is 5.30. The zero-order valence-corrected chi connectivity index (χ0v) is 12.2. The van der Waals surface area contributed by atoms with Gasteiger partial charge in [-0.05, 0) is 62.2 Å². The van der Waals surface area contributed by atoms with Gasteiger partial charge in [-0.15, -0.1) is 0 Å². The van der Waals surface area contributed by atoms with Crippen molar-refractivity contribution in [3.63, 3.8) is 0 Å². The first-order valence-corrected chi connectivity index (χ1v) is 8.03. The lowest BCUT2D eigenvalue weighted by Crippen LogP contribution is -2.46. The van der Waals surface area contributed by atoms with Gasteiger partial charge >= 0.3 is 0 Å². The normalized spacial score (nSPS) is 36.0. The molecule has 2 nitrogen and oxygen atoms in total. The zero-order valence-electron chi connectivity index (χ0n) is 12.2. The summed E-state index contributed by atoms with van der Waals surface area (Å²) in [7, 11) is 0. The molecule has 2 unspecified atom stereocenters. The Bertz CT molecular complexity index is 291. The van der Waals surface area contributed by atoms with Crippen LogP contribution in [0.4, 0.5) is 0 Å². The van der Waals surface area contributed by atoms with E-state index in [0.29, 0.717) is 11.5 Å². The third-order valence-electron chi connectivity index (χ3n) is 5.30. The van der Waals surface area contributed by atoms with Gasteiger partial charge in [0, 0.05) is 25.2 Å². The maximum Gasteiger partial charge on any atom is 0.00966 e. The molecule has 0 spiro atoms. The highest BCUT2D eigenvalue weighted by molar-refractivity contribution is 4.93. The van der Waals surface area contributed by atoms with Crippen molar-refractivity contribution >= 4 is 0 Å². The van der Waals surface area contributed by atoms with Gasteiger partial charge < -0.3 is 5.73 Å². The van der Waals surface area contributed by atoms with E-state index in [1.165, 1.54) is 58.0 Å². The van der Waals surface area contributed by atoms with Crippen LogP contribution in [0.25, 0.3) is 0 Å². The molecular formula is C16H30N2. The Kier molecular flexibility index (Phi) is 3.44. The van der Waals surface area contributed by atoms with E-state index in [0.717, 1.165) is 17.9 Å². The second kappa shape index (κ2) is 4.79. The SMILES string of the molecule is CC1(C)CCC(N)C(CN(CC2CC2)C2CC2)C1. The van der Waals surface area contributed by atoms with E-state index in [-0.39, 0.29) is 0 Å². The van der Waals surface area contributed by atoms with Crippen LogP contribution in [0, 0.1) is 17.3 Å². The summed E-state index contributed by atoms with van der Waals surface area (Å²) in [5.74, 6) is 1.77. The Morgan fingerprint density at radius 1 is 1.06 bits per heavy atom. The van der Waals surface area contributed by atoms with Crippen molar-refractivity contribution in [1.29, 1.82) is 0 Å². The molecule has 0 aromatic heterocycles. The van der Waals surface area contributed by atoms with Gasteiger partial charge in [0.2, 0.25) is 0 Å². The average molecular weight is 250 g/mol. The molecule has 104 valence electrons. The molecule has 0 saturated heterocycles. The lowest BCUT2D eigenvalue weighted by atomic mass is 9.70. The van der Waals surface area contributed by atoms with Gasteiger partial charge in [0.1, 0.15) is 0 Å². The smallest absolute Gasteiger partial charge is 0.00966 e. The monoisotopic (exact) mass is 250 g/mol. The summed E-state index contributed by atoms with van der Waals surface area (Å²) in [4.78, 5) is 2.80. The van der Waals surface area contributed by atoms with Gasteiger partial charge in [0.05, 0.1) is 0 Å². The van der Waals surface area contributed by atoms with Gasteiger partial charge in [0.25, 0.3) is 0 Å². The summed E-state index contributed by atoms with van der Waals surface area (Å²) in [5, 5.41) is 0. The minimum Gasteiger partial charge on any atom is -0.327 e. The van der Waals surface area contributed by atoms with Crippen molar-refractivity contribution < 1.29 is 0 Å². The molecule has 3 rings (SSSR count). The fourth-order valence-electron chi connectivity index (χ4n) is 3.70. The summed E-state index contributed by atoms with van der Waals surface area (Å²) in [5.41, 5.74) is 6.91. The summed E-state index contributed by atoms with van der Waals surface area (Å²) in [6.07, 6.45) is 9.73. The number of hydrogen-bond acceptors (Lipinski definition) is 2. The van der Waals surface area contributed by atoms with Gasteiger partial charge in [0.15, 0.2) is 0 Å². The zero-order chi connectivity index (χ0) is 12.8. The third kappa shape index (κ3) is 3.27. The lowest BCUT2D eigenvalue weighted by Gasteiger charge is -2.41. The molecule has 3 aliphatic carbocycles. The Morgan fingerprint density at radius 2 is 1.78 bits per heavy atom. The molecule has 0 aromatic carbocycles. The molecule has 2 atom stereocenters. The summed E-state index contributed by atoms with van der Waals surface area (Å²) in [6, 6.07) is 1.38. The first-order chi connectivity index (χ1) is 8.53. The van der Waals surface area contributed by atoms with Gasteiger partial charge in [-0.1, -0.05) is 13.8 Å². The summed E-state index contributed by atoms with van der Waals surface area (Å²) in [6.45, 7) is 7.50. The van der Waals surface area contributed by atoms with Crippen molar-refractivity contribution in [2.45, 2.75) is 70.9 Å². The van der Waals surface area contributed by atoms with Crippen LogP contribution in [0.15, 0.2) is 0 Å². The van der Waals surface area contributed by atoms with E-state index in [4.69, 9.17) is 5.73 Å². The first kappa shape index (κ1) is 12.9. The molecule has 0 heterocycles. The predicted octanol–water partition coefficient (Wildman–Crippen LogP) is 3.01. The van der Waals surface area contributed by atoms with Gasteiger partial charge in [-0.2, -0.15) is 0 Å². The molecular weight excluding hydrogens is 220 g/mol. The van der Waals surface area contributed by atoms with Crippen molar-refractivity contribution in [2.75, 3.05) is 13.1 Å². The second-order valence-electron chi connectivity index (χ2n) is 7.96. The second-order valence-corrected chi connectivity index (χ2v) is 7.96. The van der Waals surface area contributed by atoms with E-state index in [9.17, 15) is 0 Å². The fourth-order valence-corrected chi connectivity index (χ4v) is 3.70. The summed E-state index contributed by atoms with van der Waals surface area (Å²) >= 11 is 0. The molecule has 3 aliphatic rings. The van der Waals surface area contributed by atoms with Crippen LogP contribution in [0.5, 0.6) is 0 Å². The Balaban J connectivity index is 1.57. The van der Waals surface area contributed by atoms with Crippen LogP contribution >= 0.6 is 0 Å². The minimum atomic E-state index is 0.457. The Hall–Kier alpha value is -0.0800. The van der Waals surface area contributed by atoms with Gasteiger partial charge in [-0.3, -0.25) is 4.90 Å². The number of hydrogen-bond donors (Lipinski definition) is 1. The van der Waals surface area contributed by atoms with E-state index in [1.54, 1.807) is 0 Å². The lowest BCUT2D eigenvalue weighted by molar-refractivity contribution is 0.109. The highest BCUT2D eigenvalue weighted by Gasteiger charge is 2.38. The van der Waals surface area contributed by atoms with E-state index >= 15 is 0 Å². The molecule has 0 bridgehead atoms. The summed E-state index contributed by atoms with van der Waals surface area (Å²) < 4.78 is 0. The van der Waals surface area contributed by atoms with Crippen LogP contribution < -0.4 is 5.73 Å². The topological polar surface area (TPSA) is 29.3 Å². The largest absolute Gasteiger partial charge is 0.327 e. The number of rotatable bonds is 5. The standard InChI is InChI=1S/C16H30N2/c1-16(2)8-7-15(17)13(9-16)11-18(14-5-6-14)10-12-3-4-12/h12-15H,3-11,17H2,1-2H3. The van der Waals surface area contributed by atoms with Crippen LogP contribution in [0.2, 0.25) is 0 Å². The van der Waals surface area contributed by atoms with Crippen molar-refractivity contribution in [3.05, 3.63) is 0 Å². The molecule has 0 radical (unpaired) electrons. The van der Waals surface area contributed by atoms with Crippen LogP contribution in [-0.2, 0) is 0 Å². The maximum absolute atomic E-state index is 6.39. The van der Waals surface area contributed by atoms with Crippen molar-refractivity contribution in [2.24, 2.45) is 23.0 Å². The van der Waals surface area contributed by atoms with E-state index in [2.05, 4.69) is 18.7 Å². The van der Waals surface area contributed by atoms with E-state index < -0.39 is 0 Å². The molecule has 0 amide bonds. The predicted molar refractivity (Wildman–Crippen MR) is 76.4 cm³/mol. The van der Waals surface area contributed by atoms with E-state index in [1.807, 2.05) is 0 Å². The number of nitrogens with two attached hydrogens (primary N) is 1. The minimum absolute atomic E-state index is 0.457. The van der Waals surface area contributed by atoms with Crippen molar-refractivity contribution in [1.82, 2.24) is 4.90 Å². The average Bonchev–Trinajstić information content (AvgIpc) is 3.13. The molecule has 3 fully saturated rings.